The summed E-state index contributed by atoms with van der Waals surface area (Å²) in [5, 5.41) is 4.49. The van der Waals surface area contributed by atoms with Crippen molar-refractivity contribution in [2.45, 2.75) is 25.9 Å². The van der Waals surface area contributed by atoms with Crippen LogP contribution in [0.1, 0.15) is 29.1 Å². The number of ether oxygens (including phenoxy) is 1. The van der Waals surface area contributed by atoms with Crippen LogP contribution < -0.4 is 10.4 Å². The van der Waals surface area contributed by atoms with E-state index in [0.29, 0.717) is 43.1 Å². The second-order valence-corrected chi connectivity index (χ2v) is 7.24. The zero-order chi connectivity index (χ0) is 20.4. The standard InChI is InChI=1S/C22H23N3O4/c1-15-12-18(13-21(26)28-15)29-17-8-10-25(11-9-17)22(27)20-14-19(23-24(20)2)16-6-4-3-5-7-16/h3-7,12-14,17H,8-11H2,1-2H3. The Hall–Kier alpha value is -3.35. The molecule has 4 rings (SSSR count). The molecular formula is C22H23N3O4. The highest BCUT2D eigenvalue weighted by molar-refractivity contribution is 5.93. The topological polar surface area (TPSA) is 77.6 Å². The van der Waals surface area contributed by atoms with E-state index in [1.165, 1.54) is 6.07 Å². The fraction of sp³-hybridized carbons (Fsp3) is 0.318. The molecule has 2 aromatic heterocycles. The van der Waals surface area contributed by atoms with Crippen molar-refractivity contribution >= 4 is 5.91 Å². The number of piperidine rings is 1. The number of carbonyl (C=O) groups excluding carboxylic acids is 1. The number of nitrogens with zero attached hydrogens (tertiary/aromatic N) is 3. The van der Waals surface area contributed by atoms with E-state index >= 15 is 0 Å². The second kappa shape index (κ2) is 7.95. The van der Waals surface area contributed by atoms with E-state index in [1.54, 1.807) is 24.7 Å². The van der Waals surface area contributed by atoms with Crippen LogP contribution in [0, 0.1) is 6.92 Å². The highest BCUT2D eigenvalue weighted by atomic mass is 16.5. The van der Waals surface area contributed by atoms with E-state index < -0.39 is 5.63 Å². The molecule has 0 spiro atoms. The lowest BCUT2D eigenvalue weighted by Crippen LogP contribution is -2.42. The molecule has 0 unspecified atom stereocenters. The number of aromatic nitrogens is 2. The van der Waals surface area contributed by atoms with Gasteiger partial charge in [0.2, 0.25) is 0 Å². The van der Waals surface area contributed by atoms with Gasteiger partial charge in [0.15, 0.2) is 0 Å². The number of benzene rings is 1. The number of hydrogen-bond acceptors (Lipinski definition) is 5. The van der Waals surface area contributed by atoms with Gasteiger partial charge in [-0.15, -0.1) is 0 Å². The van der Waals surface area contributed by atoms with Crippen molar-refractivity contribution in [3.63, 3.8) is 0 Å². The number of hydrogen-bond donors (Lipinski definition) is 0. The summed E-state index contributed by atoms with van der Waals surface area (Å²) >= 11 is 0. The molecule has 7 nitrogen and oxygen atoms in total. The third-order valence-electron chi connectivity index (χ3n) is 5.07. The summed E-state index contributed by atoms with van der Waals surface area (Å²) < 4.78 is 12.5. The summed E-state index contributed by atoms with van der Waals surface area (Å²) in [4.78, 5) is 26.3. The molecule has 0 atom stereocenters. The van der Waals surface area contributed by atoms with Gasteiger partial charge in [-0.2, -0.15) is 5.10 Å². The second-order valence-electron chi connectivity index (χ2n) is 7.24. The SMILES string of the molecule is Cc1cc(OC2CCN(C(=O)c3cc(-c4ccccc4)nn3C)CC2)cc(=O)o1. The van der Waals surface area contributed by atoms with Crippen LogP contribution in [0.4, 0.5) is 0 Å². The van der Waals surface area contributed by atoms with Crippen molar-refractivity contribution in [3.05, 3.63) is 70.4 Å². The van der Waals surface area contributed by atoms with Gasteiger partial charge in [0.05, 0.1) is 11.8 Å². The van der Waals surface area contributed by atoms with Crippen molar-refractivity contribution < 1.29 is 13.9 Å². The van der Waals surface area contributed by atoms with Crippen molar-refractivity contribution in [2.75, 3.05) is 13.1 Å². The molecule has 1 saturated heterocycles. The molecular weight excluding hydrogens is 370 g/mol. The van der Waals surface area contributed by atoms with Gasteiger partial charge in [0.25, 0.3) is 5.91 Å². The van der Waals surface area contributed by atoms with Crippen LogP contribution in [0.5, 0.6) is 5.75 Å². The van der Waals surface area contributed by atoms with Gasteiger partial charge in [0, 0.05) is 44.6 Å². The maximum atomic E-state index is 13.0. The maximum Gasteiger partial charge on any atom is 0.339 e. The lowest BCUT2D eigenvalue weighted by atomic mass is 10.1. The van der Waals surface area contributed by atoms with Crippen LogP contribution >= 0.6 is 0 Å². The van der Waals surface area contributed by atoms with Gasteiger partial charge in [0.1, 0.15) is 23.3 Å². The van der Waals surface area contributed by atoms with Crippen LogP contribution in [0.15, 0.2) is 57.7 Å². The lowest BCUT2D eigenvalue weighted by Gasteiger charge is -2.32. The average molecular weight is 393 g/mol. The third-order valence-corrected chi connectivity index (χ3v) is 5.07. The molecule has 1 aliphatic heterocycles. The van der Waals surface area contributed by atoms with Gasteiger partial charge in [-0.3, -0.25) is 9.48 Å². The molecule has 3 aromatic rings. The van der Waals surface area contributed by atoms with Gasteiger partial charge >= 0.3 is 5.63 Å². The predicted molar refractivity (Wildman–Crippen MR) is 108 cm³/mol. The molecule has 150 valence electrons. The molecule has 0 bridgehead atoms. The van der Waals surface area contributed by atoms with Crippen LogP contribution in [-0.4, -0.2) is 39.8 Å². The monoisotopic (exact) mass is 393 g/mol. The van der Waals surface area contributed by atoms with Crippen molar-refractivity contribution in [1.82, 2.24) is 14.7 Å². The fourth-order valence-corrected chi connectivity index (χ4v) is 3.59. The third kappa shape index (κ3) is 4.23. The number of carbonyl (C=O) groups is 1. The minimum Gasteiger partial charge on any atom is -0.490 e. The average Bonchev–Trinajstić information content (AvgIpc) is 3.10. The van der Waals surface area contributed by atoms with Gasteiger partial charge in [-0.1, -0.05) is 30.3 Å². The smallest absolute Gasteiger partial charge is 0.339 e. The first-order chi connectivity index (χ1) is 14.0. The summed E-state index contributed by atoms with van der Waals surface area (Å²) in [6, 6.07) is 14.7. The van der Waals surface area contributed by atoms with Crippen molar-refractivity contribution in [2.24, 2.45) is 7.05 Å². The molecule has 7 heteroatoms. The van der Waals surface area contributed by atoms with Crippen molar-refractivity contribution in [1.29, 1.82) is 0 Å². The molecule has 1 amide bonds. The Morgan fingerprint density at radius 3 is 2.55 bits per heavy atom. The summed E-state index contributed by atoms with van der Waals surface area (Å²) in [5.41, 5.74) is 1.92. The van der Waals surface area contributed by atoms with Crippen LogP contribution in [0.2, 0.25) is 0 Å². The van der Waals surface area contributed by atoms with E-state index in [2.05, 4.69) is 5.10 Å². The van der Waals surface area contributed by atoms with Gasteiger partial charge in [-0.05, 0) is 13.0 Å². The Morgan fingerprint density at radius 1 is 1.14 bits per heavy atom. The Labute approximate surface area is 168 Å². The summed E-state index contributed by atoms with van der Waals surface area (Å²) in [6.45, 7) is 2.90. The first-order valence-electron chi connectivity index (χ1n) is 9.67. The normalized spacial score (nSPS) is 14.8. The zero-order valence-corrected chi connectivity index (χ0v) is 16.5. The van der Waals surface area contributed by atoms with Crippen LogP contribution in [0.3, 0.4) is 0 Å². The van der Waals surface area contributed by atoms with E-state index in [-0.39, 0.29) is 12.0 Å². The zero-order valence-electron chi connectivity index (χ0n) is 16.5. The van der Waals surface area contributed by atoms with E-state index in [0.717, 1.165) is 11.3 Å². The largest absolute Gasteiger partial charge is 0.490 e. The number of aryl methyl sites for hydroxylation is 2. The quantitative estimate of drug-likeness (QED) is 0.681. The van der Waals surface area contributed by atoms with Crippen molar-refractivity contribution in [3.8, 4) is 17.0 Å². The molecule has 1 aliphatic rings. The lowest BCUT2D eigenvalue weighted by molar-refractivity contribution is 0.0584. The molecule has 29 heavy (non-hydrogen) atoms. The Balaban J connectivity index is 1.40. The summed E-state index contributed by atoms with van der Waals surface area (Å²) in [6.07, 6.45) is 1.37. The molecule has 0 radical (unpaired) electrons. The van der Waals surface area contributed by atoms with Gasteiger partial charge in [-0.25, -0.2) is 4.79 Å². The van der Waals surface area contributed by atoms with Crippen LogP contribution in [0.25, 0.3) is 11.3 Å². The molecule has 0 aliphatic carbocycles. The minimum atomic E-state index is -0.418. The Kier molecular flexibility index (Phi) is 5.20. The molecule has 1 fully saturated rings. The van der Waals surface area contributed by atoms with Crippen LogP contribution in [-0.2, 0) is 7.05 Å². The predicted octanol–water partition coefficient (Wildman–Crippen LogP) is 3.03. The molecule has 0 N–H and O–H groups in total. The summed E-state index contributed by atoms with van der Waals surface area (Å²) in [7, 11) is 1.79. The molecule has 1 aromatic carbocycles. The maximum absolute atomic E-state index is 13.0. The number of likely N-dealkylation sites (tertiary alicyclic amines) is 1. The first-order valence-corrected chi connectivity index (χ1v) is 9.67. The highest BCUT2D eigenvalue weighted by Gasteiger charge is 2.27. The first kappa shape index (κ1) is 19.0. The Bertz CT molecular complexity index is 1060. The minimum absolute atomic E-state index is 0.0307. The fourth-order valence-electron chi connectivity index (χ4n) is 3.59. The number of rotatable bonds is 4. The van der Waals surface area contributed by atoms with E-state index in [9.17, 15) is 9.59 Å². The summed E-state index contributed by atoms with van der Waals surface area (Å²) in [5.74, 6) is 1.00. The Morgan fingerprint density at radius 2 is 1.86 bits per heavy atom. The molecule has 3 heterocycles. The van der Waals surface area contributed by atoms with E-state index in [1.807, 2.05) is 41.3 Å². The molecule has 0 saturated carbocycles. The number of amides is 1. The van der Waals surface area contributed by atoms with E-state index in [4.69, 9.17) is 9.15 Å². The highest BCUT2D eigenvalue weighted by Crippen LogP contribution is 2.22. The van der Waals surface area contributed by atoms with Gasteiger partial charge < -0.3 is 14.1 Å².